The van der Waals surface area contributed by atoms with Crippen LogP contribution in [-0.4, -0.2) is 9.97 Å². The smallest absolute Gasteiger partial charge is 0.160 e. The average molecular weight is 777 g/mol. The Labute approximate surface area is 352 Å². The van der Waals surface area contributed by atoms with Gasteiger partial charge in [-0.3, -0.25) is 0 Å². The van der Waals surface area contributed by atoms with Gasteiger partial charge in [0.25, 0.3) is 0 Å². The normalized spacial score (nSPS) is 11.6. The van der Waals surface area contributed by atoms with Gasteiger partial charge in [0.05, 0.1) is 11.4 Å². The van der Waals surface area contributed by atoms with E-state index in [0.717, 1.165) is 77.8 Å². The molecule has 12 aromatic rings. The molecule has 61 heavy (non-hydrogen) atoms. The van der Waals surface area contributed by atoms with E-state index < -0.39 is 0 Å². The predicted octanol–water partition coefficient (Wildman–Crippen LogP) is 15.8. The Balaban J connectivity index is 1.01. The Kier molecular flexibility index (Phi) is 8.17. The Bertz CT molecular complexity index is 3640. The molecule has 10 aromatic carbocycles. The van der Waals surface area contributed by atoms with Crippen molar-refractivity contribution in [2.45, 2.75) is 0 Å². The van der Waals surface area contributed by atoms with E-state index in [0.29, 0.717) is 5.82 Å². The number of hydrogen-bond acceptors (Lipinski definition) is 3. The molecule has 2 aromatic heterocycles. The van der Waals surface area contributed by atoms with Crippen LogP contribution in [0.15, 0.2) is 223 Å². The van der Waals surface area contributed by atoms with Crippen molar-refractivity contribution in [2.24, 2.45) is 0 Å². The van der Waals surface area contributed by atoms with Crippen molar-refractivity contribution < 1.29 is 4.42 Å². The summed E-state index contributed by atoms with van der Waals surface area (Å²) < 4.78 is 6.28. The molecule has 3 nitrogen and oxygen atoms in total. The van der Waals surface area contributed by atoms with Gasteiger partial charge in [0.2, 0.25) is 0 Å². The fourth-order valence-electron chi connectivity index (χ4n) is 9.14. The van der Waals surface area contributed by atoms with E-state index in [4.69, 9.17) is 14.4 Å². The van der Waals surface area contributed by atoms with Crippen LogP contribution in [0, 0.1) is 0 Å². The lowest BCUT2D eigenvalue weighted by atomic mass is 9.89. The van der Waals surface area contributed by atoms with Crippen LogP contribution >= 0.6 is 0 Å². The van der Waals surface area contributed by atoms with Gasteiger partial charge in [-0.25, -0.2) is 9.97 Å². The third-order valence-electron chi connectivity index (χ3n) is 12.1. The third-order valence-corrected chi connectivity index (χ3v) is 12.1. The summed E-state index contributed by atoms with van der Waals surface area (Å²) in [6, 6.07) is 77.5. The zero-order chi connectivity index (χ0) is 40.3. The maximum Gasteiger partial charge on any atom is 0.160 e. The van der Waals surface area contributed by atoms with Gasteiger partial charge in [-0.15, -0.1) is 0 Å². The van der Waals surface area contributed by atoms with Crippen LogP contribution in [0.1, 0.15) is 0 Å². The molecule has 0 atom stereocenters. The van der Waals surface area contributed by atoms with E-state index in [1.807, 2.05) is 18.2 Å². The first-order valence-corrected chi connectivity index (χ1v) is 20.7. The first-order chi connectivity index (χ1) is 30.2. The molecule has 0 amide bonds. The van der Waals surface area contributed by atoms with Crippen molar-refractivity contribution in [3.63, 3.8) is 0 Å². The van der Waals surface area contributed by atoms with E-state index in [2.05, 4.69) is 200 Å². The van der Waals surface area contributed by atoms with Crippen LogP contribution in [0.5, 0.6) is 0 Å². The number of hydrogen-bond donors (Lipinski definition) is 0. The molecule has 0 N–H and O–H groups in total. The molecular weight excluding hydrogens is 741 g/mol. The summed E-state index contributed by atoms with van der Waals surface area (Å²) in [7, 11) is 0. The highest BCUT2D eigenvalue weighted by Gasteiger charge is 2.17. The van der Waals surface area contributed by atoms with Crippen molar-refractivity contribution in [3.8, 4) is 67.3 Å². The summed E-state index contributed by atoms with van der Waals surface area (Å²) >= 11 is 0. The summed E-state index contributed by atoms with van der Waals surface area (Å²) in [4.78, 5) is 10.6. The number of rotatable bonds is 6. The highest BCUT2D eigenvalue weighted by molar-refractivity contribution is 6.20. The SMILES string of the molecule is c1ccc(-c2cccc(-c3cc(-c4cccc(-c5cccc6oc7ccccc7c56)c4)nc(-c4ccc(-c5c6ccccc6cc6c5ccc5ccccc56)cc4)n3)c2)cc1. The van der Waals surface area contributed by atoms with Gasteiger partial charge in [-0.2, -0.15) is 0 Å². The molecule has 0 bridgehead atoms. The van der Waals surface area contributed by atoms with Crippen LogP contribution in [0.25, 0.3) is 122 Å². The lowest BCUT2D eigenvalue weighted by molar-refractivity contribution is 0.669. The highest BCUT2D eigenvalue weighted by Crippen LogP contribution is 2.41. The van der Waals surface area contributed by atoms with Gasteiger partial charge < -0.3 is 4.42 Å². The second kappa shape index (κ2) is 14.3. The first-order valence-electron chi connectivity index (χ1n) is 20.7. The van der Waals surface area contributed by atoms with Gasteiger partial charge in [0.15, 0.2) is 5.82 Å². The monoisotopic (exact) mass is 776 g/mol. The van der Waals surface area contributed by atoms with Crippen molar-refractivity contribution >= 4 is 54.3 Å². The predicted molar refractivity (Wildman–Crippen MR) is 254 cm³/mol. The Morgan fingerprint density at radius 3 is 1.69 bits per heavy atom. The van der Waals surface area contributed by atoms with Gasteiger partial charge in [0, 0.05) is 27.5 Å². The molecule has 0 fully saturated rings. The first kappa shape index (κ1) is 34.9. The Hall–Kier alpha value is -8.14. The molecule has 2 heterocycles. The minimum absolute atomic E-state index is 0.672. The Morgan fingerprint density at radius 2 is 0.885 bits per heavy atom. The lowest BCUT2D eigenvalue weighted by Gasteiger charge is -2.15. The fraction of sp³-hybridized carbons (Fsp3) is 0. The summed E-state index contributed by atoms with van der Waals surface area (Å²) in [5.41, 5.74) is 13.4. The lowest BCUT2D eigenvalue weighted by Crippen LogP contribution is -1.96. The van der Waals surface area contributed by atoms with E-state index >= 15 is 0 Å². The third kappa shape index (κ3) is 6.06. The molecule has 12 rings (SSSR count). The van der Waals surface area contributed by atoms with Crippen LogP contribution in [0.4, 0.5) is 0 Å². The van der Waals surface area contributed by atoms with Crippen molar-refractivity contribution in [1.29, 1.82) is 0 Å². The molecule has 284 valence electrons. The van der Waals surface area contributed by atoms with Crippen LogP contribution in [0.3, 0.4) is 0 Å². The maximum atomic E-state index is 6.28. The second-order valence-corrected chi connectivity index (χ2v) is 15.7. The highest BCUT2D eigenvalue weighted by atomic mass is 16.3. The minimum atomic E-state index is 0.672. The van der Waals surface area contributed by atoms with E-state index in [1.165, 1.54) is 37.9 Å². The summed E-state index contributed by atoms with van der Waals surface area (Å²) in [6.07, 6.45) is 0. The quantitative estimate of drug-likeness (QED) is 0.125. The van der Waals surface area contributed by atoms with Gasteiger partial charge in [-0.1, -0.05) is 182 Å². The fourth-order valence-corrected chi connectivity index (χ4v) is 9.14. The van der Waals surface area contributed by atoms with Crippen molar-refractivity contribution in [3.05, 3.63) is 218 Å². The van der Waals surface area contributed by atoms with Crippen LogP contribution in [-0.2, 0) is 0 Å². The molecule has 0 spiro atoms. The van der Waals surface area contributed by atoms with Gasteiger partial charge >= 0.3 is 0 Å². The zero-order valence-electron chi connectivity index (χ0n) is 33.1. The van der Waals surface area contributed by atoms with E-state index in [1.54, 1.807) is 0 Å². The van der Waals surface area contributed by atoms with Crippen molar-refractivity contribution in [2.75, 3.05) is 0 Å². The number of furan rings is 1. The molecule has 0 aliphatic carbocycles. The number of benzene rings is 10. The standard InChI is InChI=1S/C58H36N2O/c1-2-13-37(14-3-1)41-17-10-19-44(33-41)52-36-53(45-20-11-18-42(34-45)48-24-12-26-55-57(48)50-23-8-9-25-54(50)61-55)60-58(59-52)40-29-27-39(28-30-40)56-47-22-7-5-16-43(47)35-51-46-21-6-4-15-38(46)31-32-49(51)56/h1-36H. The molecule has 3 heteroatoms. The minimum Gasteiger partial charge on any atom is -0.456 e. The van der Waals surface area contributed by atoms with Crippen molar-refractivity contribution in [1.82, 2.24) is 9.97 Å². The molecular formula is C58H36N2O. The molecule has 0 aliphatic rings. The van der Waals surface area contributed by atoms with Gasteiger partial charge in [-0.05, 0) is 102 Å². The summed E-state index contributed by atoms with van der Waals surface area (Å²) in [5.74, 6) is 0.672. The Morgan fingerprint density at radius 1 is 0.295 bits per heavy atom. The number of aromatic nitrogens is 2. The molecule has 0 saturated carbocycles. The average Bonchev–Trinajstić information content (AvgIpc) is 3.73. The summed E-state index contributed by atoms with van der Waals surface area (Å²) in [5, 5.41) is 9.68. The maximum absolute atomic E-state index is 6.28. The molecule has 0 aliphatic heterocycles. The van der Waals surface area contributed by atoms with E-state index in [-0.39, 0.29) is 0 Å². The van der Waals surface area contributed by atoms with Crippen LogP contribution in [0.2, 0.25) is 0 Å². The van der Waals surface area contributed by atoms with Crippen LogP contribution < -0.4 is 0 Å². The summed E-state index contributed by atoms with van der Waals surface area (Å²) in [6.45, 7) is 0. The number of para-hydroxylation sites is 1. The molecule has 0 unspecified atom stereocenters. The molecule has 0 saturated heterocycles. The zero-order valence-corrected chi connectivity index (χ0v) is 33.1. The molecule has 0 radical (unpaired) electrons. The largest absolute Gasteiger partial charge is 0.456 e. The topological polar surface area (TPSA) is 38.9 Å². The van der Waals surface area contributed by atoms with Gasteiger partial charge in [0.1, 0.15) is 11.2 Å². The van der Waals surface area contributed by atoms with E-state index in [9.17, 15) is 0 Å². The second-order valence-electron chi connectivity index (χ2n) is 15.7. The number of fused-ring (bicyclic) bond motifs is 7. The number of nitrogens with zero attached hydrogens (tertiary/aromatic N) is 2.